The fraction of sp³-hybridized carbons (Fsp3) is 0.556. The van der Waals surface area contributed by atoms with Crippen molar-refractivity contribution in [2.45, 2.75) is 59.1 Å². The molecule has 0 atom stereocenters. The van der Waals surface area contributed by atoms with E-state index in [1.54, 1.807) is 16.7 Å². The number of nitrogens with one attached hydrogen (secondary N) is 1. The average molecular weight is 551 g/mol. The van der Waals surface area contributed by atoms with Crippen LogP contribution in [0.3, 0.4) is 0 Å². The molecule has 1 aromatic carbocycles. The molecule has 1 aliphatic heterocycles. The van der Waals surface area contributed by atoms with Gasteiger partial charge < -0.3 is 24.6 Å². The van der Waals surface area contributed by atoms with Crippen molar-refractivity contribution >= 4 is 34.6 Å². The molecule has 0 bridgehead atoms. The fourth-order valence-electron chi connectivity index (χ4n) is 4.54. The Labute approximate surface area is 234 Å². The maximum absolute atomic E-state index is 12.6. The summed E-state index contributed by atoms with van der Waals surface area (Å²) in [6.45, 7) is 11.7. The highest BCUT2D eigenvalue weighted by atomic mass is 16.6. The van der Waals surface area contributed by atoms with Crippen molar-refractivity contribution in [3.05, 3.63) is 40.4 Å². The monoisotopic (exact) mass is 550 g/mol. The maximum atomic E-state index is 12.6. The van der Waals surface area contributed by atoms with Crippen molar-refractivity contribution in [2.24, 2.45) is 5.11 Å². The van der Waals surface area contributed by atoms with Gasteiger partial charge in [-0.1, -0.05) is 19.4 Å². The molecule has 1 amide bonds. The van der Waals surface area contributed by atoms with E-state index < -0.39 is 5.60 Å². The van der Waals surface area contributed by atoms with Crippen LogP contribution in [0.2, 0.25) is 0 Å². The van der Waals surface area contributed by atoms with Crippen LogP contribution in [0.4, 0.5) is 22.2 Å². The van der Waals surface area contributed by atoms with Gasteiger partial charge >= 0.3 is 6.09 Å². The van der Waals surface area contributed by atoms with E-state index in [1.165, 1.54) is 0 Å². The number of unbranched alkanes of at least 4 members (excludes halogenated alkanes) is 1. The van der Waals surface area contributed by atoms with Gasteiger partial charge in [0.2, 0.25) is 5.95 Å². The first-order valence-electron chi connectivity index (χ1n) is 13.6. The fourth-order valence-corrected chi connectivity index (χ4v) is 4.54. The molecule has 13 nitrogen and oxygen atoms in total. The van der Waals surface area contributed by atoms with Gasteiger partial charge in [-0.25, -0.2) is 14.8 Å². The Kier molecular flexibility index (Phi) is 9.15. The van der Waals surface area contributed by atoms with Crippen LogP contribution in [0.25, 0.3) is 21.5 Å². The van der Waals surface area contributed by atoms with Crippen LogP contribution in [0, 0.1) is 0 Å². The van der Waals surface area contributed by atoms with Crippen LogP contribution in [-0.2, 0) is 11.3 Å². The van der Waals surface area contributed by atoms with E-state index in [9.17, 15) is 4.79 Å². The van der Waals surface area contributed by atoms with Gasteiger partial charge in [-0.05, 0) is 50.3 Å². The molecule has 1 fully saturated rings. The van der Waals surface area contributed by atoms with Crippen LogP contribution >= 0.6 is 0 Å². The summed E-state index contributed by atoms with van der Waals surface area (Å²) in [7, 11) is 1.66. The zero-order valence-electron chi connectivity index (χ0n) is 23.9. The summed E-state index contributed by atoms with van der Waals surface area (Å²) < 4.78 is 13.1. The lowest BCUT2D eigenvalue weighted by atomic mass is 10.1. The largest absolute Gasteiger partial charge is 0.496 e. The second-order valence-corrected chi connectivity index (χ2v) is 10.7. The Morgan fingerprint density at radius 2 is 2.02 bits per heavy atom. The van der Waals surface area contributed by atoms with E-state index >= 15 is 0 Å². The van der Waals surface area contributed by atoms with E-state index in [2.05, 4.69) is 43.2 Å². The average Bonchev–Trinajstić information content (AvgIpc) is 3.14. The second kappa shape index (κ2) is 12.7. The molecule has 3 heterocycles. The van der Waals surface area contributed by atoms with E-state index in [1.807, 2.05) is 39.1 Å². The number of nitrogens with zero attached hydrogens (tertiary/aromatic N) is 9. The summed E-state index contributed by atoms with van der Waals surface area (Å²) >= 11 is 0. The van der Waals surface area contributed by atoms with Gasteiger partial charge in [0.15, 0.2) is 11.3 Å². The normalized spacial score (nSPS) is 14.0. The zero-order valence-corrected chi connectivity index (χ0v) is 23.9. The lowest BCUT2D eigenvalue weighted by Gasteiger charge is -2.27. The Hall–Kier alpha value is -4.25. The topological polar surface area (TPSA) is 146 Å². The predicted molar refractivity (Wildman–Crippen MR) is 154 cm³/mol. The Morgan fingerprint density at radius 1 is 1.20 bits per heavy atom. The molecule has 214 valence electrons. The third kappa shape index (κ3) is 7.23. The van der Waals surface area contributed by atoms with Gasteiger partial charge in [-0.2, -0.15) is 5.10 Å². The lowest BCUT2D eigenvalue weighted by molar-refractivity contribution is 0.0263. The molecule has 1 aliphatic rings. The summed E-state index contributed by atoms with van der Waals surface area (Å²) in [5.41, 5.74) is 11.5. The van der Waals surface area contributed by atoms with Crippen molar-refractivity contribution in [1.82, 2.24) is 24.6 Å². The van der Waals surface area contributed by atoms with Crippen LogP contribution < -0.4 is 15.0 Å². The Bertz CT molecular complexity index is 1380. The molecule has 0 saturated carbocycles. The molecule has 0 aliphatic carbocycles. The predicted octanol–water partition coefficient (Wildman–Crippen LogP) is 5.48. The van der Waals surface area contributed by atoms with E-state index in [4.69, 9.17) is 20.1 Å². The molecule has 4 rings (SSSR count). The first-order valence-corrected chi connectivity index (χ1v) is 13.6. The second-order valence-electron chi connectivity index (χ2n) is 10.7. The number of ether oxygens (including phenoxy) is 2. The molecule has 2 aromatic heterocycles. The number of hydrogen-bond donors (Lipinski definition) is 1. The molecule has 1 N–H and O–H groups in total. The van der Waals surface area contributed by atoms with Crippen molar-refractivity contribution in [3.63, 3.8) is 0 Å². The highest BCUT2D eigenvalue weighted by Gasteiger charge is 2.25. The number of rotatable bonds is 9. The number of carbonyl (C=O) groups is 1. The number of methoxy groups -OCH3 is 1. The van der Waals surface area contributed by atoms with Gasteiger partial charge in [-0.15, -0.1) is 0 Å². The quantitative estimate of drug-likeness (QED) is 0.159. The van der Waals surface area contributed by atoms with Crippen molar-refractivity contribution in [1.29, 1.82) is 0 Å². The van der Waals surface area contributed by atoms with Gasteiger partial charge in [0.05, 0.1) is 19.9 Å². The first kappa shape index (κ1) is 28.8. The summed E-state index contributed by atoms with van der Waals surface area (Å²) in [6.07, 6.45) is 4.40. The summed E-state index contributed by atoms with van der Waals surface area (Å²) in [4.78, 5) is 28.1. The first-order chi connectivity index (χ1) is 19.2. The minimum Gasteiger partial charge on any atom is -0.496 e. The van der Waals surface area contributed by atoms with Crippen molar-refractivity contribution in [3.8, 4) is 5.75 Å². The SMILES string of the molecule is CCCCNc1nc(N=[N+]=[N-])nc2cn(Cc3ccc(N4CCCN(C(=O)OC(C)(C)C)CC4)cc3OC)nc12. The third-order valence-electron chi connectivity index (χ3n) is 6.47. The smallest absolute Gasteiger partial charge is 0.410 e. The number of aromatic nitrogens is 4. The minimum atomic E-state index is -0.515. The van der Waals surface area contributed by atoms with Gasteiger partial charge in [-0.3, -0.25) is 4.68 Å². The van der Waals surface area contributed by atoms with Gasteiger partial charge in [0, 0.05) is 55.0 Å². The highest BCUT2D eigenvalue weighted by molar-refractivity contribution is 5.85. The summed E-state index contributed by atoms with van der Waals surface area (Å²) in [5, 5.41) is 11.6. The summed E-state index contributed by atoms with van der Waals surface area (Å²) in [6, 6.07) is 6.13. The standard InChI is InChI=1S/C27H38N10O3/c1-6-7-11-29-24-23-21(30-25(31-24)32-34-28)18-37(33-23)17-19-9-10-20(16-22(19)39-5)35-12-8-13-36(15-14-35)26(38)40-27(2,3)4/h9-10,16,18H,6-8,11-15,17H2,1-5H3,(H,29,30,31). The lowest BCUT2D eigenvalue weighted by Crippen LogP contribution is -2.39. The molecule has 0 spiro atoms. The number of fused-ring (bicyclic) bond motifs is 1. The Balaban J connectivity index is 1.51. The molecule has 13 heteroatoms. The number of carbonyl (C=O) groups excluding carboxylic acids is 1. The van der Waals surface area contributed by atoms with E-state index in [0.29, 0.717) is 43.0 Å². The Morgan fingerprint density at radius 3 is 2.75 bits per heavy atom. The molecule has 0 radical (unpaired) electrons. The number of azide groups is 1. The molecule has 40 heavy (non-hydrogen) atoms. The van der Waals surface area contributed by atoms with Crippen molar-refractivity contribution < 1.29 is 14.3 Å². The van der Waals surface area contributed by atoms with E-state index in [-0.39, 0.29) is 12.0 Å². The molecule has 1 saturated heterocycles. The van der Waals surface area contributed by atoms with Crippen LogP contribution in [0.15, 0.2) is 29.5 Å². The van der Waals surface area contributed by atoms with Gasteiger partial charge in [0.1, 0.15) is 16.9 Å². The van der Waals surface area contributed by atoms with Gasteiger partial charge in [0.25, 0.3) is 0 Å². The third-order valence-corrected chi connectivity index (χ3v) is 6.47. The molecule has 3 aromatic rings. The molecule has 0 unspecified atom stereocenters. The number of benzene rings is 1. The number of hydrogen-bond acceptors (Lipinski definition) is 9. The summed E-state index contributed by atoms with van der Waals surface area (Å²) in [5.74, 6) is 1.34. The van der Waals surface area contributed by atoms with Crippen LogP contribution in [0.5, 0.6) is 5.75 Å². The minimum absolute atomic E-state index is 0.0539. The van der Waals surface area contributed by atoms with Crippen molar-refractivity contribution in [2.75, 3.05) is 50.1 Å². The maximum Gasteiger partial charge on any atom is 0.410 e. The van der Waals surface area contributed by atoms with E-state index in [0.717, 1.165) is 49.4 Å². The highest BCUT2D eigenvalue weighted by Crippen LogP contribution is 2.29. The molecular formula is C27H38N10O3. The van der Waals surface area contributed by atoms with Crippen LogP contribution in [-0.4, -0.2) is 76.2 Å². The van der Waals surface area contributed by atoms with Crippen LogP contribution in [0.1, 0.15) is 52.5 Å². The number of amides is 1. The molecular weight excluding hydrogens is 512 g/mol. The number of anilines is 2. The zero-order chi connectivity index (χ0) is 28.7.